The van der Waals surface area contributed by atoms with Gasteiger partial charge < -0.3 is 21.1 Å². The molecule has 1 amide bonds. The molecule has 0 aromatic heterocycles. The van der Waals surface area contributed by atoms with Crippen LogP contribution in [-0.4, -0.2) is 79.3 Å². The summed E-state index contributed by atoms with van der Waals surface area (Å²) in [4.78, 5) is 15.8. The lowest BCUT2D eigenvalue weighted by molar-refractivity contribution is -0.123. The van der Waals surface area contributed by atoms with Crippen LogP contribution in [0.1, 0.15) is 19.8 Å². The molecule has 19 heavy (non-hydrogen) atoms. The smallest absolute Gasteiger partial charge is 0.234 e. The number of hydrogen-bond acceptors (Lipinski definition) is 5. The van der Waals surface area contributed by atoms with Crippen LogP contribution in [-0.2, 0) is 4.79 Å². The average Bonchev–Trinajstić information content (AvgIpc) is 2.28. The molecule has 6 heteroatoms. The summed E-state index contributed by atoms with van der Waals surface area (Å²) < 4.78 is 0. The molecule has 0 radical (unpaired) electrons. The summed E-state index contributed by atoms with van der Waals surface area (Å²) in [6.07, 6.45) is 1.90. The topological polar surface area (TPSA) is 81.8 Å². The second kappa shape index (κ2) is 7.19. The Kier molecular flexibility index (Phi) is 6.19. The maximum absolute atomic E-state index is 11.8. The molecule has 1 aliphatic heterocycles. The Morgan fingerprint density at radius 2 is 2.05 bits per heavy atom. The Morgan fingerprint density at radius 1 is 1.47 bits per heavy atom. The second-order valence-electron chi connectivity index (χ2n) is 6.13. The highest BCUT2D eigenvalue weighted by Crippen LogP contribution is 2.07. The highest BCUT2D eigenvalue weighted by molar-refractivity contribution is 5.78. The van der Waals surface area contributed by atoms with Crippen molar-refractivity contribution in [3.05, 3.63) is 0 Å². The van der Waals surface area contributed by atoms with Crippen molar-refractivity contribution >= 4 is 5.91 Å². The van der Waals surface area contributed by atoms with Crippen LogP contribution in [0.5, 0.6) is 0 Å². The van der Waals surface area contributed by atoms with Gasteiger partial charge in [0.2, 0.25) is 5.91 Å². The highest BCUT2D eigenvalue weighted by atomic mass is 16.3. The van der Waals surface area contributed by atoms with Gasteiger partial charge in [0.25, 0.3) is 0 Å². The number of likely N-dealkylation sites (tertiary alicyclic amines) is 1. The van der Waals surface area contributed by atoms with E-state index in [0.717, 1.165) is 25.9 Å². The third-order valence-corrected chi connectivity index (χ3v) is 3.32. The fourth-order valence-corrected chi connectivity index (χ4v) is 2.40. The maximum Gasteiger partial charge on any atom is 0.234 e. The van der Waals surface area contributed by atoms with Crippen LogP contribution in [0.4, 0.5) is 0 Å². The van der Waals surface area contributed by atoms with Crippen LogP contribution < -0.4 is 11.1 Å². The number of piperidine rings is 1. The lowest BCUT2D eigenvalue weighted by atomic mass is 10.1. The summed E-state index contributed by atoms with van der Waals surface area (Å²) in [5, 5.41) is 12.9. The number of rotatable bonds is 6. The van der Waals surface area contributed by atoms with Gasteiger partial charge in [-0.1, -0.05) is 0 Å². The molecule has 1 rings (SSSR count). The van der Waals surface area contributed by atoms with Crippen LogP contribution >= 0.6 is 0 Å². The number of likely N-dealkylation sites (N-methyl/N-ethyl adjacent to an activating group) is 1. The predicted octanol–water partition coefficient (Wildman–Crippen LogP) is -1.16. The molecule has 1 unspecified atom stereocenters. The van der Waals surface area contributed by atoms with Gasteiger partial charge in [0.1, 0.15) is 0 Å². The standard InChI is InChI=1S/C13H28N4O2/c1-13(19,10-16(2)3)9-15-12(18)8-17-6-4-11(14)5-7-17/h11,19H,4-10,14H2,1-3H3,(H,15,18). The van der Waals surface area contributed by atoms with Crippen LogP contribution in [0.25, 0.3) is 0 Å². The van der Waals surface area contributed by atoms with Gasteiger partial charge in [-0.2, -0.15) is 0 Å². The zero-order chi connectivity index (χ0) is 14.5. The summed E-state index contributed by atoms with van der Waals surface area (Å²) in [7, 11) is 3.79. The minimum absolute atomic E-state index is 0.0329. The molecule has 0 aromatic carbocycles. The second-order valence-corrected chi connectivity index (χ2v) is 6.13. The van der Waals surface area contributed by atoms with E-state index < -0.39 is 5.60 Å². The Balaban J connectivity index is 2.24. The van der Waals surface area contributed by atoms with Crippen molar-refractivity contribution in [1.29, 1.82) is 0 Å². The van der Waals surface area contributed by atoms with E-state index in [4.69, 9.17) is 5.73 Å². The first-order valence-electron chi connectivity index (χ1n) is 6.90. The number of carbonyl (C=O) groups is 1. The maximum atomic E-state index is 11.8. The zero-order valence-electron chi connectivity index (χ0n) is 12.4. The largest absolute Gasteiger partial charge is 0.387 e. The van der Waals surface area contributed by atoms with Gasteiger partial charge in [0, 0.05) is 32.2 Å². The summed E-state index contributed by atoms with van der Waals surface area (Å²) in [6.45, 7) is 4.67. The molecule has 6 nitrogen and oxygen atoms in total. The van der Waals surface area contributed by atoms with Gasteiger partial charge in [-0.15, -0.1) is 0 Å². The van der Waals surface area contributed by atoms with Crippen LogP contribution in [0, 0.1) is 0 Å². The Morgan fingerprint density at radius 3 is 2.58 bits per heavy atom. The van der Waals surface area contributed by atoms with Gasteiger partial charge in [-0.3, -0.25) is 9.69 Å². The molecule has 112 valence electrons. The van der Waals surface area contributed by atoms with Gasteiger partial charge in [0.05, 0.1) is 12.1 Å². The van der Waals surface area contributed by atoms with Crippen molar-refractivity contribution in [2.24, 2.45) is 5.73 Å². The summed E-state index contributed by atoms with van der Waals surface area (Å²) >= 11 is 0. The number of amides is 1. The zero-order valence-corrected chi connectivity index (χ0v) is 12.4. The minimum atomic E-state index is -0.899. The van der Waals surface area contributed by atoms with Gasteiger partial charge in [0.15, 0.2) is 0 Å². The van der Waals surface area contributed by atoms with Crippen LogP contribution in [0.2, 0.25) is 0 Å². The molecule has 1 atom stereocenters. The molecule has 0 aliphatic carbocycles. The first-order valence-corrected chi connectivity index (χ1v) is 6.90. The van der Waals surface area contributed by atoms with E-state index in [9.17, 15) is 9.90 Å². The van der Waals surface area contributed by atoms with Crippen molar-refractivity contribution in [3.63, 3.8) is 0 Å². The van der Waals surface area contributed by atoms with Crippen LogP contribution in [0.15, 0.2) is 0 Å². The number of carbonyl (C=O) groups excluding carboxylic acids is 1. The number of aliphatic hydroxyl groups is 1. The highest BCUT2D eigenvalue weighted by Gasteiger charge is 2.23. The number of hydrogen-bond donors (Lipinski definition) is 3. The molecule has 1 fully saturated rings. The van der Waals surface area contributed by atoms with Crippen molar-refractivity contribution in [1.82, 2.24) is 15.1 Å². The quantitative estimate of drug-likeness (QED) is 0.568. The lowest BCUT2D eigenvalue weighted by Gasteiger charge is -2.30. The number of nitrogens with two attached hydrogens (primary N) is 1. The average molecular weight is 272 g/mol. The number of nitrogens with zero attached hydrogens (tertiary/aromatic N) is 2. The molecule has 0 spiro atoms. The van der Waals surface area contributed by atoms with E-state index in [0.29, 0.717) is 13.1 Å². The van der Waals surface area contributed by atoms with E-state index >= 15 is 0 Å². The molecule has 1 heterocycles. The summed E-state index contributed by atoms with van der Waals surface area (Å²) in [5.41, 5.74) is 4.93. The van der Waals surface area contributed by atoms with E-state index in [2.05, 4.69) is 10.2 Å². The first-order chi connectivity index (χ1) is 8.78. The van der Waals surface area contributed by atoms with Crippen molar-refractivity contribution < 1.29 is 9.90 Å². The van der Waals surface area contributed by atoms with Crippen molar-refractivity contribution in [2.45, 2.75) is 31.4 Å². The van der Waals surface area contributed by atoms with E-state index in [1.807, 2.05) is 19.0 Å². The molecule has 4 N–H and O–H groups in total. The van der Waals surface area contributed by atoms with E-state index in [-0.39, 0.29) is 18.5 Å². The molecule has 1 aliphatic rings. The Hall–Kier alpha value is -0.690. The first kappa shape index (κ1) is 16.4. The van der Waals surface area contributed by atoms with Crippen molar-refractivity contribution in [3.8, 4) is 0 Å². The number of nitrogens with one attached hydrogen (secondary N) is 1. The van der Waals surface area contributed by atoms with Crippen molar-refractivity contribution in [2.75, 3.05) is 46.8 Å². The summed E-state index contributed by atoms with van der Waals surface area (Å²) in [6, 6.07) is 0.278. The normalized spacial score (nSPS) is 21.4. The fourth-order valence-electron chi connectivity index (χ4n) is 2.40. The molecule has 1 saturated heterocycles. The van der Waals surface area contributed by atoms with Gasteiger partial charge >= 0.3 is 0 Å². The minimum Gasteiger partial charge on any atom is -0.387 e. The molecule has 0 aromatic rings. The third-order valence-electron chi connectivity index (χ3n) is 3.32. The third kappa shape index (κ3) is 6.87. The molecule has 0 bridgehead atoms. The van der Waals surface area contributed by atoms with E-state index in [1.54, 1.807) is 6.92 Å². The molecule has 0 saturated carbocycles. The molecular formula is C13H28N4O2. The van der Waals surface area contributed by atoms with Crippen LogP contribution in [0.3, 0.4) is 0 Å². The van der Waals surface area contributed by atoms with Gasteiger partial charge in [-0.05, 0) is 33.9 Å². The predicted molar refractivity (Wildman–Crippen MR) is 75.8 cm³/mol. The SMILES string of the molecule is CN(C)CC(C)(O)CNC(=O)CN1CCC(N)CC1. The lowest BCUT2D eigenvalue weighted by Crippen LogP contribution is -2.50. The fraction of sp³-hybridized carbons (Fsp3) is 0.923. The Labute approximate surface area is 115 Å². The van der Waals surface area contributed by atoms with Gasteiger partial charge in [-0.25, -0.2) is 0 Å². The molecular weight excluding hydrogens is 244 g/mol. The summed E-state index contributed by atoms with van der Waals surface area (Å²) in [5.74, 6) is -0.0329. The monoisotopic (exact) mass is 272 g/mol. The Bertz CT molecular complexity index is 286. The van der Waals surface area contributed by atoms with E-state index in [1.165, 1.54) is 0 Å².